The summed E-state index contributed by atoms with van der Waals surface area (Å²) < 4.78 is 5.11. The molecule has 0 spiro atoms. The smallest absolute Gasteiger partial charge is 0.307 e. The Morgan fingerprint density at radius 3 is 2.41 bits per heavy atom. The molecule has 0 aliphatic carbocycles. The predicted molar refractivity (Wildman–Crippen MR) is 121 cm³/mol. The number of esters is 1. The van der Waals surface area contributed by atoms with Crippen molar-refractivity contribution in [2.75, 3.05) is 19.6 Å². The van der Waals surface area contributed by atoms with Crippen LogP contribution in [0.5, 0.6) is 0 Å². The molecule has 0 radical (unpaired) electrons. The number of nitrogens with one attached hydrogen (secondary N) is 2. The lowest BCUT2D eigenvalue weighted by atomic mass is 10.1. The van der Waals surface area contributed by atoms with Crippen LogP contribution in [0.25, 0.3) is 0 Å². The fraction of sp³-hybridized carbons (Fsp3) is 0.545. The van der Waals surface area contributed by atoms with Crippen LogP contribution < -0.4 is 22.1 Å². The van der Waals surface area contributed by atoms with Gasteiger partial charge in [0.2, 0.25) is 11.8 Å². The molecule has 0 aliphatic heterocycles. The Balaban J connectivity index is 2.03. The van der Waals surface area contributed by atoms with Crippen molar-refractivity contribution in [2.45, 2.75) is 57.7 Å². The lowest BCUT2D eigenvalue weighted by Crippen LogP contribution is -2.38. The van der Waals surface area contributed by atoms with Gasteiger partial charge in [-0.3, -0.25) is 19.4 Å². The summed E-state index contributed by atoms with van der Waals surface area (Å²) in [7, 11) is 0. The van der Waals surface area contributed by atoms with Crippen molar-refractivity contribution in [2.24, 2.45) is 16.5 Å². The number of ether oxygens (including phenoxy) is 1. The van der Waals surface area contributed by atoms with E-state index in [4.69, 9.17) is 16.2 Å². The molecule has 0 aliphatic rings. The van der Waals surface area contributed by atoms with Gasteiger partial charge >= 0.3 is 5.97 Å². The number of rotatable bonds is 16. The molecule has 1 rings (SSSR count). The maximum atomic E-state index is 11.9. The van der Waals surface area contributed by atoms with Gasteiger partial charge in [-0.2, -0.15) is 0 Å². The van der Waals surface area contributed by atoms with Crippen molar-refractivity contribution in [1.29, 1.82) is 0 Å². The van der Waals surface area contributed by atoms with Crippen LogP contribution in [0.3, 0.4) is 0 Å². The Morgan fingerprint density at radius 1 is 0.969 bits per heavy atom. The van der Waals surface area contributed by atoms with Crippen LogP contribution in [0, 0.1) is 0 Å². The first kappa shape index (κ1) is 26.9. The summed E-state index contributed by atoms with van der Waals surface area (Å²) in [6, 6.07) is 9.28. The number of aliphatic hydroxyl groups excluding tert-OH is 1. The number of aliphatic hydroxyl groups is 1. The molecule has 178 valence electrons. The van der Waals surface area contributed by atoms with E-state index in [0.717, 1.165) is 31.2 Å². The minimum absolute atomic E-state index is 0.00792. The predicted octanol–water partition coefficient (Wildman–Crippen LogP) is 0.327. The monoisotopic (exact) mass is 449 g/mol. The second kappa shape index (κ2) is 16.5. The standard InChI is InChI=1S/C22H35N5O5/c23-22(24)27-13-7-2-1-6-10-19(29)25-14-11-18(28)21(31)26-15-12-20(30)32-16-17-8-4-3-5-9-17/h3-5,8-9,18,28H,1-2,6-7,10-16H2,(H,25,29)(H,26,31)(H4,23,24,27). The van der Waals surface area contributed by atoms with Crippen LogP contribution >= 0.6 is 0 Å². The Labute approximate surface area is 188 Å². The lowest BCUT2D eigenvalue weighted by molar-refractivity contribution is -0.145. The molecule has 1 aromatic carbocycles. The number of benzene rings is 1. The second-order valence-electron chi connectivity index (χ2n) is 7.31. The van der Waals surface area contributed by atoms with E-state index in [1.165, 1.54) is 0 Å². The Kier molecular flexibility index (Phi) is 13.9. The first-order valence-electron chi connectivity index (χ1n) is 10.9. The van der Waals surface area contributed by atoms with E-state index in [2.05, 4.69) is 15.6 Å². The molecule has 1 unspecified atom stereocenters. The van der Waals surface area contributed by atoms with Crippen molar-refractivity contribution in [3.63, 3.8) is 0 Å². The van der Waals surface area contributed by atoms with Gasteiger partial charge in [-0.15, -0.1) is 0 Å². The quantitative estimate of drug-likeness (QED) is 0.105. The topological polar surface area (TPSA) is 169 Å². The van der Waals surface area contributed by atoms with Crippen LogP contribution in [0.4, 0.5) is 0 Å². The summed E-state index contributed by atoms with van der Waals surface area (Å²) in [5.74, 6) is -1.06. The normalized spacial score (nSPS) is 11.3. The number of aliphatic imine (C=N–C) groups is 1. The number of nitrogens with zero attached hydrogens (tertiary/aromatic N) is 1. The van der Waals surface area contributed by atoms with Crippen LogP contribution in [0.2, 0.25) is 0 Å². The molecular weight excluding hydrogens is 414 g/mol. The van der Waals surface area contributed by atoms with Gasteiger partial charge < -0.3 is 31.9 Å². The van der Waals surface area contributed by atoms with Crippen molar-refractivity contribution >= 4 is 23.7 Å². The van der Waals surface area contributed by atoms with Gasteiger partial charge in [-0.25, -0.2) is 0 Å². The molecule has 0 bridgehead atoms. The van der Waals surface area contributed by atoms with Crippen molar-refractivity contribution in [1.82, 2.24) is 10.6 Å². The van der Waals surface area contributed by atoms with Crippen LogP contribution in [-0.2, 0) is 25.7 Å². The zero-order chi connectivity index (χ0) is 23.6. The number of guanidine groups is 1. The number of hydrogen-bond acceptors (Lipinski definition) is 6. The van der Waals surface area contributed by atoms with Crippen LogP contribution in [-0.4, -0.2) is 54.6 Å². The van der Waals surface area contributed by atoms with Gasteiger partial charge in [0.1, 0.15) is 12.7 Å². The van der Waals surface area contributed by atoms with Gasteiger partial charge in [0, 0.05) is 26.1 Å². The number of unbranched alkanes of at least 4 members (excludes halogenated alkanes) is 3. The summed E-state index contributed by atoms with van der Waals surface area (Å²) in [4.78, 5) is 39.2. The van der Waals surface area contributed by atoms with Gasteiger partial charge in [0.25, 0.3) is 0 Å². The number of carbonyl (C=O) groups is 3. The van der Waals surface area contributed by atoms with Gasteiger partial charge in [-0.05, 0) is 24.8 Å². The average molecular weight is 450 g/mol. The summed E-state index contributed by atoms with van der Waals surface area (Å²) >= 11 is 0. The third-order valence-corrected chi connectivity index (χ3v) is 4.52. The fourth-order valence-electron chi connectivity index (χ4n) is 2.74. The number of nitrogens with two attached hydrogens (primary N) is 2. The highest BCUT2D eigenvalue weighted by Gasteiger charge is 2.15. The van der Waals surface area contributed by atoms with Crippen LogP contribution in [0.1, 0.15) is 50.5 Å². The van der Waals surface area contributed by atoms with E-state index in [1.54, 1.807) is 0 Å². The maximum absolute atomic E-state index is 11.9. The van der Waals surface area contributed by atoms with Gasteiger partial charge in [-0.1, -0.05) is 43.2 Å². The minimum Gasteiger partial charge on any atom is -0.461 e. The molecule has 0 aromatic heterocycles. The molecule has 10 heteroatoms. The minimum atomic E-state index is -1.26. The molecule has 1 aromatic rings. The summed E-state index contributed by atoms with van der Waals surface area (Å²) in [6.45, 7) is 1.02. The zero-order valence-corrected chi connectivity index (χ0v) is 18.4. The maximum Gasteiger partial charge on any atom is 0.307 e. The van der Waals surface area contributed by atoms with Crippen molar-refractivity contribution < 1.29 is 24.2 Å². The Hall–Kier alpha value is -3.14. The molecule has 7 N–H and O–H groups in total. The highest BCUT2D eigenvalue weighted by Crippen LogP contribution is 2.04. The highest BCUT2D eigenvalue weighted by molar-refractivity contribution is 5.81. The van der Waals surface area contributed by atoms with E-state index in [9.17, 15) is 19.5 Å². The lowest BCUT2D eigenvalue weighted by Gasteiger charge is -2.12. The highest BCUT2D eigenvalue weighted by atomic mass is 16.5. The molecule has 0 saturated heterocycles. The van der Waals surface area contributed by atoms with E-state index in [-0.39, 0.29) is 44.4 Å². The van der Waals surface area contributed by atoms with Gasteiger partial charge in [0.15, 0.2) is 5.96 Å². The van der Waals surface area contributed by atoms with Crippen LogP contribution in [0.15, 0.2) is 35.3 Å². The Bertz CT molecular complexity index is 723. The molecule has 0 saturated carbocycles. The first-order valence-corrected chi connectivity index (χ1v) is 10.9. The fourth-order valence-corrected chi connectivity index (χ4v) is 2.74. The van der Waals surface area contributed by atoms with E-state index in [1.807, 2.05) is 30.3 Å². The number of hydrogen-bond donors (Lipinski definition) is 5. The third-order valence-electron chi connectivity index (χ3n) is 4.52. The summed E-state index contributed by atoms with van der Waals surface area (Å²) in [6.07, 6.45) is 2.67. The van der Waals surface area contributed by atoms with E-state index in [0.29, 0.717) is 13.0 Å². The van der Waals surface area contributed by atoms with Crippen molar-refractivity contribution in [3.05, 3.63) is 35.9 Å². The molecule has 10 nitrogen and oxygen atoms in total. The molecular formula is C22H35N5O5. The van der Waals surface area contributed by atoms with Gasteiger partial charge in [0.05, 0.1) is 6.42 Å². The summed E-state index contributed by atoms with van der Waals surface area (Å²) in [5.41, 5.74) is 11.4. The largest absolute Gasteiger partial charge is 0.461 e. The van der Waals surface area contributed by atoms with E-state index < -0.39 is 18.0 Å². The first-order chi connectivity index (χ1) is 15.4. The molecule has 0 fully saturated rings. The van der Waals surface area contributed by atoms with E-state index >= 15 is 0 Å². The SMILES string of the molecule is NC(N)=NCCCCCCC(=O)NCCC(O)C(=O)NCCC(=O)OCc1ccccc1. The average Bonchev–Trinajstić information content (AvgIpc) is 2.77. The second-order valence-corrected chi connectivity index (χ2v) is 7.31. The zero-order valence-electron chi connectivity index (χ0n) is 18.4. The molecule has 0 heterocycles. The third kappa shape index (κ3) is 14.0. The Morgan fingerprint density at radius 2 is 1.69 bits per heavy atom. The molecule has 1 atom stereocenters. The number of amides is 2. The molecule has 2 amide bonds. The molecule has 32 heavy (non-hydrogen) atoms. The number of carbonyl (C=O) groups excluding carboxylic acids is 3. The van der Waals surface area contributed by atoms with Crippen molar-refractivity contribution in [3.8, 4) is 0 Å². The summed E-state index contributed by atoms with van der Waals surface area (Å²) in [5, 5.41) is 15.0.